The molecule has 0 unspecified atom stereocenters. The van der Waals surface area contributed by atoms with E-state index < -0.39 is 5.82 Å². The lowest BCUT2D eigenvalue weighted by Gasteiger charge is -2.16. The maximum Gasteiger partial charge on any atom is 0.224 e. The lowest BCUT2D eigenvalue weighted by Crippen LogP contribution is -2.20. The predicted octanol–water partition coefficient (Wildman–Crippen LogP) is 3.87. The van der Waals surface area contributed by atoms with Crippen molar-refractivity contribution in [3.63, 3.8) is 0 Å². The van der Waals surface area contributed by atoms with Gasteiger partial charge >= 0.3 is 0 Å². The van der Waals surface area contributed by atoms with Gasteiger partial charge < -0.3 is 15.0 Å². The van der Waals surface area contributed by atoms with E-state index in [4.69, 9.17) is 4.74 Å². The maximum absolute atomic E-state index is 14.7. The monoisotopic (exact) mass is 414 g/mol. The summed E-state index contributed by atoms with van der Waals surface area (Å²) in [5, 5.41) is 9.22. The molecule has 3 rings (SSSR count). The normalized spacial score (nSPS) is 11.0. The van der Waals surface area contributed by atoms with Gasteiger partial charge in [-0.3, -0.25) is 9.89 Å². The fraction of sp³-hybridized carbons (Fsp3) is 0.273. The Hall–Kier alpha value is -3.26. The van der Waals surface area contributed by atoms with Gasteiger partial charge in [0.25, 0.3) is 0 Å². The summed E-state index contributed by atoms with van der Waals surface area (Å²) in [6.07, 6.45) is 3.60. The van der Waals surface area contributed by atoms with Gasteiger partial charge in [-0.25, -0.2) is 8.78 Å². The van der Waals surface area contributed by atoms with E-state index in [1.807, 2.05) is 19.0 Å². The Bertz CT molecular complexity index is 991. The largest absolute Gasteiger partial charge is 0.490 e. The summed E-state index contributed by atoms with van der Waals surface area (Å²) in [5.41, 5.74) is 1.87. The minimum atomic E-state index is -0.503. The number of halogens is 2. The van der Waals surface area contributed by atoms with Crippen LogP contribution in [0.2, 0.25) is 0 Å². The number of hydrogen-bond acceptors (Lipinski definition) is 4. The molecule has 6 nitrogen and oxygen atoms in total. The number of nitrogens with zero attached hydrogens (tertiary/aromatic N) is 2. The number of aryl methyl sites for hydroxylation is 1. The topological polar surface area (TPSA) is 70.2 Å². The van der Waals surface area contributed by atoms with Crippen LogP contribution in [0.4, 0.5) is 14.5 Å². The molecule has 0 aliphatic rings. The second-order valence-electron chi connectivity index (χ2n) is 7.15. The van der Waals surface area contributed by atoms with Gasteiger partial charge in [0.1, 0.15) is 24.0 Å². The Morgan fingerprint density at radius 2 is 2.07 bits per heavy atom. The van der Waals surface area contributed by atoms with Crippen molar-refractivity contribution < 1.29 is 18.3 Å². The first-order valence-electron chi connectivity index (χ1n) is 9.57. The first kappa shape index (κ1) is 21.4. The molecule has 0 atom stereocenters. The molecule has 158 valence electrons. The van der Waals surface area contributed by atoms with Gasteiger partial charge in [-0.2, -0.15) is 5.10 Å². The van der Waals surface area contributed by atoms with E-state index in [1.54, 1.807) is 24.4 Å². The van der Waals surface area contributed by atoms with Crippen molar-refractivity contribution in [3.8, 4) is 16.9 Å². The number of nitrogens with one attached hydrogen (secondary N) is 2. The number of benzene rings is 2. The molecule has 2 N–H and O–H groups in total. The van der Waals surface area contributed by atoms with E-state index in [1.165, 1.54) is 24.4 Å². The number of anilines is 1. The zero-order valence-electron chi connectivity index (χ0n) is 16.9. The molecule has 0 aliphatic carbocycles. The predicted molar refractivity (Wildman–Crippen MR) is 111 cm³/mol. The van der Waals surface area contributed by atoms with Crippen molar-refractivity contribution >= 4 is 11.6 Å². The number of hydrogen-bond donors (Lipinski definition) is 2. The van der Waals surface area contributed by atoms with Gasteiger partial charge in [0, 0.05) is 36.4 Å². The second kappa shape index (κ2) is 9.98. The van der Waals surface area contributed by atoms with E-state index in [0.717, 1.165) is 0 Å². The number of rotatable bonds is 9. The van der Waals surface area contributed by atoms with Gasteiger partial charge in [-0.15, -0.1) is 0 Å². The average Bonchev–Trinajstić information content (AvgIpc) is 3.22. The quantitative estimate of drug-likeness (QED) is 0.558. The van der Waals surface area contributed by atoms with E-state index in [2.05, 4.69) is 15.5 Å². The van der Waals surface area contributed by atoms with E-state index in [0.29, 0.717) is 42.0 Å². The lowest BCUT2D eigenvalue weighted by atomic mass is 10.1. The molecule has 30 heavy (non-hydrogen) atoms. The zero-order valence-corrected chi connectivity index (χ0v) is 16.9. The molecule has 0 radical (unpaired) electrons. The van der Waals surface area contributed by atoms with Crippen LogP contribution in [0.1, 0.15) is 12.0 Å². The van der Waals surface area contributed by atoms with Gasteiger partial charge in [-0.1, -0.05) is 12.1 Å². The van der Waals surface area contributed by atoms with Gasteiger partial charge in [-0.05, 0) is 44.3 Å². The Kier molecular flexibility index (Phi) is 7.13. The van der Waals surface area contributed by atoms with Crippen molar-refractivity contribution in [2.45, 2.75) is 12.8 Å². The third kappa shape index (κ3) is 5.87. The third-order valence-electron chi connectivity index (χ3n) is 4.48. The van der Waals surface area contributed by atoms with Crippen molar-refractivity contribution in [1.29, 1.82) is 0 Å². The summed E-state index contributed by atoms with van der Waals surface area (Å²) in [6, 6.07) is 8.90. The third-order valence-corrected chi connectivity index (χ3v) is 4.48. The summed E-state index contributed by atoms with van der Waals surface area (Å²) in [7, 11) is 3.83. The van der Waals surface area contributed by atoms with Crippen molar-refractivity contribution in [3.05, 3.63) is 66.0 Å². The summed E-state index contributed by atoms with van der Waals surface area (Å²) in [5.74, 6) is -0.793. The smallest absolute Gasteiger partial charge is 0.224 e. The molecule has 1 aromatic heterocycles. The fourth-order valence-corrected chi connectivity index (χ4v) is 2.89. The molecular formula is C22H24F2N4O2. The van der Waals surface area contributed by atoms with Crippen LogP contribution in [0.3, 0.4) is 0 Å². The Morgan fingerprint density at radius 1 is 1.23 bits per heavy atom. The summed E-state index contributed by atoms with van der Waals surface area (Å²) >= 11 is 0. The highest BCUT2D eigenvalue weighted by Gasteiger charge is 2.16. The van der Waals surface area contributed by atoms with Crippen LogP contribution in [0.15, 0.2) is 48.8 Å². The molecule has 2 aromatic carbocycles. The zero-order chi connectivity index (χ0) is 21.5. The van der Waals surface area contributed by atoms with Crippen LogP contribution in [0.5, 0.6) is 5.75 Å². The molecule has 1 heterocycles. The Morgan fingerprint density at radius 3 is 2.77 bits per heavy atom. The van der Waals surface area contributed by atoms with Crippen molar-refractivity contribution in [2.24, 2.45) is 0 Å². The first-order chi connectivity index (χ1) is 14.4. The number of amides is 1. The number of carbonyl (C=O) groups is 1. The molecule has 3 aromatic rings. The van der Waals surface area contributed by atoms with E-state index in [9.17, 15) is 13.6 Å². The number of aromatic amines is 1. The first-order valence-corrected chi connectivity index (χ1v) is 9.57. The van der Waals surface area contributed by atoms with Crippen LogP contribution >= 0.6 is 0 Å². The van der Waals surface area contributed by atoms with E-state index >= 15 is 0 Å². The van der Waals surface area contributed by atoms with Crippen LogP contribution in [0.25, 0.3) is 11.1 Å². The fourth-order valence-electron chi connectivity index (χ4n) is 2.89. The number of likely N-dealkylation sites (N-methyl/N-ethyl adjacent to an activating group) is 1. The van der Waals surface area contributed by atoms with Crippen LogP contribution in [-0.2, 0) is 11.2 Å². The van der Waals surface area contributed by atoms with Crippen molar-refractivity contribution in [1.82, 2.24) is 15.1 Å². The van der Waals surface area contributed by atoms with Crippen LogP contribution in [0, 0.1) is 11.6 Å². The van der Waals surface area contributed by atoms with Gasteiger partial charge in [0.2, 0.25) is 5.91 Å². The molecule has 8 heteroatoms. The van der Waals surface area contributed by atoms with Crippen molar-refractivity contribution in [2.75, 3.05) is 32.6 Å². The lowest BCUT2D eigenvalue weighted by molar-refractivity contribution is -0.116. The second-order valence-corrected chi connectivity index (χ2v) is 7.15. The van der Waals surface area contributed by atoms with E-state index in [-0.39, 0.29) is 23.8 Å². The average molecular weight is 414 g/mol. The summed E-state index contributed by atoms with van der Waals surface area (Å²) < 4.78 is 33.8. The summed E-state index contributed by atoms with van der Waals surface area (Å²) in [6.45, 7) is 1.03. The number of ether oxygens (including phenoxy) is 1. The minimum absolute atomic E-state index is 0.131. The molecule has 1 amide bonds. The maximum atomic E-state index is 14.7. The van der Waals surface area contributed by atoms with Crippen LogP contribution in [-0.4, -0.2) is 48.3 Å². The summed E-state index contributed by atoms with van der Waals surface area (Å²) in [4.78, 5) is 14.4. The highest BCUT2D eigenvalue weighted by molar-refractivity contribution is 5.93. The molecule has 0 fully saturated rings. The highest BCUT2D eigenvalue weighted by Crippen LogP contribution is 2.33. The highest BCUT2D eigenvalue weighted by atomic mass is 19.1. The molecule has 0 spiro atoms. The van der Waals surface area contributed by atoms with Crippen LogP contribution < -0.4 is 10.1 Å². The molecule has 0 aliphatic heterocycles. The SMILES string of the molecule is CN(C)CCOc1cc(-c2cn[nH]c2)c(F)cc1NC(=O)CCc1cccc(F)c1. The van der Waals surface area contributed by atoms with Gasteiger partial charge in [0.15, 0.2) is 0 Å². The molecule has 0 saturated heterocycles. The minimum Gasteiger partial charge on any atom is -0.490 e. The standard InChI is InChI=1S/C22H24F2N4O2/c1-28(2)8-9-30-21-11-18(16-13-25-26-14-16)19(24)12-20(21)27-22(29)7-6-15-4-3-5-17(23)10-15/h3-5,10-14H,6-9H2,1-2H3,(H,25,26)(H,27,29). The molecular weight excluding hydrogens is 390 g/mol. The Labute approximate surface area is 173 Å². The Balaban J connectivity index is 1.75. The van der Waals surface area contributed by atoms with Gasteiger partial charge in [0.05, 0.1) is 11.9 Å². The number of carbonyl (C=O) groups excluding carboxylic acids is 1. The number of H-pyrrole nitrogens is 1. The number of aromatic nitrogens is 2. The molecule has 0 saturated carbocycles. The molecule has 0 bridgehead atoms.